The lowest BCUT2D eigenvalue weighted by molar-refractivity contribution is -0.145. The van der Waals surface area contributed by atoms with Crippen molar-refractivity contribution < 1.29 is 19.1 Å². The molecule has 19 heavy (non-hydrogen) atoms. The van der Waals surface area contributed by atoms with Crippen molar-refractivity contribution in [2.24, 2.45) is 0 Å². The van der Waals surface area contributed by atoms with Crippen LogP contribution in [0.2, 0.25) is 0 Å². The molecule has 0 saturated carbocycles. The van der Waals surface area contributed by atoms with Crippen LogP contribution in [0.4, 0.5) is 0 Å². The minimum Gasteiger partial charge on any atom is -0.468 e. The van der Waals surface area contributed by atoms with Gasteiger partial charge < -0.3 is 14.3 Å². The Balaban J connectivity index is 2.11. The molecular formula is C14H17NO4. The second-order valence-electron chi connectivity index (χ2n) is 4.38. The Morgan fingerprint density at radius 2 is 2.21 bits per heavy atom. The summed E-state index contributed by atoms with van der Waals surface area (Å²) in [5.74, 6) is -0.484. The predicted octanol–water partition coefficient (Wildman–Crippen LogP) is 1.44. The number of esters is 1. The molecule has 0 saturated heterocycles. The molecule has 0 radical (unpaired) electrons. The van der Waals surface area contributed by atoms with Crippen LogP contribution in [0, 0.1) is 0 Å². The van der Waals surface area contributed by atoms with E-state index in [9.17, 15) is 9.90 Å². The van der Waals surface area contributed by atoms with E-state index in [4.69, 9.17) is 4.42 Å². The van der Waals surface area contributed by atoms with Crippen molar-refractivity contribution in [1.29, 1.82) is 0 Å². The summed E-state index contributed by atoms with van der Waals surface area (Å²) in [6, 6.07) is 6.90. The van der Waals surface area contributed by atoms with E-state index in [0.717, 1.165) is 16.5 Å². The van der Waals surface area contributed by atoms with Gasteiger partial charge in [-0.3, -0.25) is 10.1 Å². The van der Waals surface area contributed by atoms with Crippen molar-refractivity contribution >= 4 is 16.9 Å². The van der Waals surface area contributed by atoms with E-state index in [0.29, 0.717) is 6.54 Å². The maximum absolute atomic E-state index is 11.5. The van der Waals surface area contributed by atoms with Crippen LogP contribution < -0.4 is 5.32 Å². The number of carbonyl (C=O) groups excluding carboxylic acids is 1. The van der Waals surface area contributed by atoms with Gasteiger partial charge in [0.2, 0.25) is 0 Å². The van der Waals surface area contributed by atoms with Gasteiger partial charge in [0.1, 0.15) is 11.6 Å². The highest BCUT2D eigenvalue weighted by Gasteiger charge is 2.24. The molecule has 5 heteroatoms. The molecule has 1 aromatic heterocycles. The summed E-state index contributed by atoms with van der Waals surface area (Å²) in [6.07, 6.45) is 0.819. The molecule has 2 rings (SSSR count). The molecule has 0 bridgehead atoms. The minimum atomic E-state index is -0.828. The van der Waals surface area contributed by atoms with E-state index in [1.54, 1.807) is 13.2 Å². The molecule has 5 nitrogen and oxygen atoms in total. The van der Waals surface area contributed by atoms with Crippen LogP contribution in [0.25, 0.3) is 11.0 Å². The third kappa shape index (κ3) is 2.94. The molecule has 0 amide bonds. The fourth-order valence-electron chi connectivity index (χ4n) is 1.97. The van der Waals surface area contributed by atoms with Gasteiger partial charge >= 0.3 is 5.97 Å². The van der Waals surface area contributed by atoms with Crippen LogP contribution in [0.3, 0.4) is 0 Å². The first kappa shape index (κ1) is 13.6. The summed E-state index contributed by atoms with van der Waals surface area (Å²) < 4.78 is 10.1. The number of methoxy groups -OCH3 is 1. The summed E-state index contributed by atoms with van der Waals surface area (Å²) in [6.45, 7) is 1.96. The number of aliphatic hydroxyl groups is 1. The summed E-state index contributed by atoms with van der Waals surface area (Å²) in [5, 5.41) is 13.5. The average molecular weight is 263 g/mol. The van der Waals surface area contributed by atoms with Crippen LogP contribution in [0.5, 0.6) is 0 Å². The number of benzene rings is 1. The number of nitrogens with one attached hydrogen (secondary N) is 1. The molecular weight excluding hydrogens is 246 g/mol. The van der Waals surface area contributed by atoms with Gasteiger partial charge in [-0.2, -0.15) is 0 Å². The van der Waals surface area contributed by atoms with Crippen molar-refractivity contribution in [3.63, 3.8) is 0 Å². The molecule has 0 fully saturated rings. The summed E-state index contributed by atoms with van der Waals surface area (Å²) in [7, 11) is 1.30. The third-order valence-corrected chi connectivity index (χ3v) is 3.01. The van der Waals surface area contributed by atoms with Gasteiger partial charge in [-0.25, -0.2) is 0 Å². The maximum Gasteiger partial charge on any atom is 0.325 e. The molecule has 102 valence electrons. The SMILES string of the molecule is COC(=O)[C@@H](NCc1coc2ccccc12)[C@H](C)O. The van der Waals surface area contributed by atoms with E-state index in [-0.39, 0.29) is 0 Å². The lowest BCUT2D eigenvalue weighted by atomic mass is 10.1. The minimum absolute atomic E-state index is 0.418. The zero-order chi connectivity index (χ0) is 13.8. The fourth-order valence-corrected chi connectivity index (χ4v) is 1.97. The zero-order valence-corrected chi connectivity index (χ0v) is 10.9. The number of carbonyl (C=O) groups is 1. The highest BCUT2D eigenvalue weighted by Crippen LogP contribution is 2.20. The van der Waals surface area contributed by atoms with Crippen molar-refractivity contribution in [3.05, 3.63) is 36.1 Å². The van der Waals surface area contributed by atoms with Gasteiger partial charge in [-0.1, -0.05) is 18.2 Å². The third-order valence-electron chi connectivity index (χ3n) is 3.01. The van der Waals surface area contributed by atoms with Crippen molar-refractivity contribution in [3.8, 4) is 0 Å². The number of para-hydroxylation sites is 1. The molecule has 0 unspecified atom stereocenters. The Hall–Kier alpha value is -1.85. The second kappa shape index (κ2) is 5.86. The maximum atomic E-state index is 11.5. The Morgan fingerprint density at radius 3 is 2.89 bits per heavy atom. The van der Waals surface area contributed by atoms with E-state index >= 15 is 0 Å². The first-order valence-electron chi connectivity index (χ1n) is 6.08. The summed E-state index contributed by atoms with van der Waals surface area (Å²) >= 11 is 0. The number of hydrogen-bond acceptors (Lipinski definition) is 5. The first-order chi connectivity index (χ1) is 9.13. The monoisotopic (exact) mass is 263 g/mol. The number of hydrogen-bond donors (Lipinski definition) is 2. The van der Waals surface area contributed by atoms with Crippen molar-refractivity contribution in [1.82, 2.24) is 5.32 Å². The standard InChI is InChI=1S/C14H17NO4/c1-9(16)13(14(17)18-2)15-7-10-8-19-12-6-4-3-5-11(10)12/h3-6,8-9,13,15-16H,7H2,1-2H3/t9-,13-/m0/s1. The van der Waals surface area contributed by atoms with Gasteiger partial charge in [-0.05, 0) is 13.0 Å². The van der Waals surface area contributed by atoms with Crippen molar-refractivity contribution in [2.75, 3.05) is 7.11 Å². The Kier molecular flexibility index (Phi) is 4.19. The van der Waals surface area contributed by atoms with Gasteiger partial charge in [0.05, 0.1) is 19.5 Å². The van der Waals surface area contributed by atoms with Gasteiger partial charge in [0.25, 0.3) is 0 Å². The molecule has 2 atom stereocenters. The number of fused-ring (bicyclic) bond motifs is 1. The number of aliphatic hydroxyl groups excluding tert-OH is 1. The largest absolute Gasteiger partial charge is 0.468 e. The van der Waals surface area contributed by atoms with Gasteiger partial charge in [0, 0.05) is 17.5 Å². The lowest BCUT2D eigenvalue weighted by Crippen LogP contribution is -2.45. The second-order valence-corrected chi connectivity index (χ2v) is 4.38. The smallest absolute Gasteiger partial charge is 0.325 e. The average Bonchev–Trinajstić information content (AvgIpc) is 2.82. The van der Waals surface area contributed by atoms with Crippen LogP contribution in [0.15, 0.2) is 34.9 Å². The van der Waals surface area contributed by atoms with E-state index in [1.807, 2.05) is 24.3 Å². The van der Waals surface area contributed by atoms with Gasteiger partial charge in [-0.15, -0.1) is 0 Å². The van der Waals surface area contributed by atoms with Crippen LogP contribution in [-0.4, -0.2) is 30.3 Å². The normalized spacial score (nSPS) is 14.3. The topological polar surface area (TPSA) is 71.7 Å². The van der Waals surface area contributed by atoms with Crippen molar-refractivity contribution in [2.45, 2.75) is 25.6 Å². The molecule has 1 heterocycles. The number of furan rings is 1. The molecule has 2 aromatic rings. The summed E-state index contributed by atoms with van der Waals surface area (Å²) in [4.78, 5) is 11.5. The molecule has 0 aliphatic rings. The van der Waals surface area contributed by atoms with Crippen LogP contribution in [0.1, 0.15) is 12.5 Å². The first-order valence-corrected chi connectivity index (χ1v) is 6.08. The van der Waals surface area contributed by atoms with Crippen LogP contribution >= 0.6 is 0 Å². The molecule has 1 aromatic carbocycles. The lowest BCUT2D eigenvalue weighted by Gasteiger charge is -2.18. The molecule has 2 N–H and O–H groups in total. The highest BCUT2D eigenvalue weighted by molar-refractivity contribution is 5.81. The zero-order valence-electron chi connectivity index (χ0n) is 10.9. The fraction of sp³-hybridized carbons (Fsp3) is 0.357. The number of ether oxygens (including phenoxy) is 1. The quantitative estimate of drug-likeness (QED) is 0.799. The number of rotatable bonds is 5. The van der Waals surface area contributed by atoms with Gasteiger partial charge in [0.15, 0.2) is 0 Å². The highest BCUT2D eigenvalue weighted by atomic mass is 16.5. The molecule has 0 aliphatic heterocycles. The molecule has 0 aliphatic carbocycles. The van der Waals surface area contributed by atoms with Crippen LogP contribution in [-0.2, 0) is 16.1 Å². The van der Waals surface area contributed by atoms with E-state index in [2.05, 4.69) is 10.1 Å². The van der Waals surface area contributed by atoms with E-state index in [1.165, 1.54) is 7.11 Å². The Labute approximate surface area is 111 Å². The Morgan fingerprint density at radius 1 is 1.47 bits per heavy atom. The summed E-state index contributed by atoms with van der Waals surface area (Å²) in [5.41, 5.74) is 1.73. The molecule has 0 spiro atoms. The van der Waals surface area contributed by atoms with E-state index < -0.39 is 18.1 Å². The predicted molar refractivity (Wildman–Crippen MR) is 70.5 cm³/mol. The Bertz CT molecular complexity index is 561.